The molecule has 0 aliphatic heterocycles. The minimum Gasteiger partial charge on any atom is -0.331 e. The van der Waals surface area contributed by atoms with Crippen molar-refractivity contribution in [2.75, 3.05) is 0 Å². The number of carbonyl (C=O) groups is 1. The second-order valence-electron chi connectivity index (χ2n) is 6.58. The van der Waals surface area contributed by atoms with Crippen molar-refractivity contribution in [3.8, 4) is 0 Å². The summed E-state index contributed by atoms with van der Waals surface area (Å²) in [6, 6.07) is 9.99. The first-order valence-corrected chi connectivity index (χ1v) is 9.59. The Labute approximate surface area is 156 Å². The third kappa shape index (κ3) is 3.29. The highest BCUT2D eigenvalue weighted by atomic mass is 32.1. The first kappa shape index (κ1) is 18.3. The highest BCUT2D eigenvalue weighted by Gasteiger charge is 2.25. The Morgan fingerprint density at radius 1 is 1.27 bits per heavy atom. The van der Waals surface area contributed by atoms with Gasteiger partial charge in [-0.15, -0.1) is 11.3 Å². The normalized spacial score (nSPS) is 11.3. The van der Waals surface area contributed by atoms with Gasteiger partial charge in [-0.1, -0.05) is 30.3 Å². The first-order valence-electron chi connectivity index (χ1n) is 8.77. The summed E-state index contributed by atoms with van der Waals surface area (Å²) in [5.41, 5.74) is 1.73. The molecule has 1 amide bonds. The van der Waals surface area contributed by atoms with Crippen LogP contribution in [0.1, 0.15) is 41.6 Å². The molecule has 0 N–H and O–H groups in total. The van der Waals surface area contributed by atoms with Crippen molar-refractivity contribution in [2.45, 2.75) is 46.8 Å². The van der Waals surface area contributed by atoms with Gasteiger partial charge in [-0.25, -0.2) is 4.98 Å². The predicted molar refractivity (Wildman–Crippen MR) is 106 cm³/mol. The SMILES string of the molecule is CCn1cnc2sc(C(=O)N(Cc3ccccc3)C(C)C)c(C)c2c1=O. The fourth-order valence-electron chi connectivity index (χ4n) is 2.99. The van der Waals surface area contributed by atoms with E-state index in [0.29, 0.717) is 28.2 Å². The van der Waals surface area contributed by atoms with Crippen LogP contribution in [0.2, 0.25) is 0 Å². The van der Waals surface area contributed by atoms with Crippen molar-refractivity contribution in [1.82, 2.24) is 14.5 Å². The number of fused-ring (bicyclic) bond motifs is 1. The molecule has 0 spiro atoms. The van der Waals surface area contributed by atoms with Gasteiger partial charge in [-0.3, -0.25) is 14.2 Å². The van der Waals surface area contributed by atoms with Crippen molar-refractivity contribution < 1.29 is 4.79 Å². The third-order valence-corrected chi connectivity index (χ3v) is 5.72. The Kier molecular flexibility index (Phi) is 5.23. The van der Waals surface area contributed by atoms with Gasteiger partial charge in [-0.05, 0) is 38.8 Å². The fraction of sp³-hybridized carbons (Fsp3) is 0.350. The number of rotatable bonds is 5. The third-order valence-electron chi connectivity index (χ3n) is 4.53. The number of aromatic nitrogens is 2. The summed E-state index contributed by atoms with van der Waals surface area (Å²) in [6.45, 7) is 8.86. The number of nitrogens with zero attached hydrogens (tertiary/aromatic N) is 3. The maximum Gasteiger partial charge on any atom is 0.264 e. The topological polar surface area (TPSA) is 55.2 Å². The minimum atomic E-state index is -0.0792. The lowest BCUT2D eigenvalue weighted by molar-refractivity contribution is 0.0695. The summed E-state index contributed by atoms with van der Waals surface area (Å²) >= 11 is 1.31. The molecule has 0 saturated heterocycles. The van der Waals surface area contributed by atoms with Crippen molar-refractivity contribution in [3.05, 3.63) is 63.0 Å². The summed E-state index contributed by atoms with van der Waals surface area (Å²) < 4.78 is 1.57. The molecule has 5 nitrogen and oxygen atoms in total. The molecule has 0 fully saturated rings. The van der Waals surface area contributed by atoms with Crippen LogP contribution in [0.5, 0.6) is 0 Å². The molecule has 0 saturated carbocycles. The van der Waals surface area contributed by atoms with Crippen LogP contribution in [0.25, 0.3) is 10.2 Å². The lowest BCUT2D eigenvalue weighted by atomic mass is 10.1. The number of thiophene rings is 1. The maximum absolute atomic E-state index is 13.2. The molecule has 0 bridgehead atoms. The van der Waals surface area contributed by atoms with Crippen LogP contribution in [0, 0.1) is 6.92 Å². The molecule has 2 aromatic heterocycles. The molecule has 6 heteroatoms. The summed E-state index contributed by atoms with van der Waals surface area (Å²) in [6.07, 6.45) is 1.55. The van der Waals surface area contributed by atoms with E-state index in [1.165, 1.54) is 11.3 Å². The van der Waals surface area contributed by atoms with Gasteiger partial charge < -0.3 is 4.90 Å². The molecule has 0 aliphatic rings. The van der Waals surface area contributed by atoms with Crippen molar-refractivity contribution in [2.24, 2.45) is 0 Å². The van der Waals surface area contributed by atoms with Gasteiger partial charge in [0.25, 0.3) is 11.5 Å². The molecule has 0 atom stereocenters. The largest absolute Gasteiger partial charge is 0.331 e. The predicted octanol–water partition coefficient (Wildman–Crippen LogP) is 3.84. The monoisotopic (exact) mass is 369 g/mol. The molecule has 0 aliphatic carbocycles. The van der Waals surface area contributed by atoms with Crippen LogP contribution < -0.4 is 5.56 Å². The Bertz CT molecular complexity index is 989. The Morgan fingerprint density at radius 2 is 1.96 bits per heavy atom. The van der Waals surface area contributed by atoms with Crippen LogP contribution in [0.15, 0.2) is 41.5 Å². The van der Waals surface area contributed by atoms with E-state index in [9.17, 15) is 9.59 Å². The Balaban J connectivity index is 2.03. The first-order chi connectivity index (χ1) is 12.4. The molecular formula is C20H23N3O2S. The lowest BCUT2D eigenvalue weighted by Crippen LogP contribution is -2.36. The van der Waals surface area contributed by atoms with E-state index in [1.807, 2.05) is 62.9 Å². The van der Waals surface area contributed by atoms with Crippen LogP contribution in [-0.2, 0) is 13.1 Å². The number of carbonyl (C=O) groups excluding carboxylic acids is 1. The highest BCUT2D eigenvalue weighted by Crippen LogP contribution is 2.29. The van der Waals surface area contributed by atoms with E-state index in [0.717, 1.165) is 11.1 Å². The smallest absolute Gasteiger partial charge is 0.264 e. The van der Waals surface area contributed by atoms with E-state index in [1.54, 1.807) is 10.9 Å². The highest BCUT2D eigenvalue weighted by molar-refractivity contribution is 7.20. The number of benzene rings is 1. The lowest BCUT2D eigenvalue weighted by Gasteiger charge is -2.26. The van der Waals surface area contributed by atoms with Crippen molar-refractivity contribution in [1.29, 1.82) is 0 Å². The second kappa shape index (κ2) is 7.41. The molecule has 1 aromatic carbocycles. The van der Waals surface area contributed by atoms with Gasteiger partial charge in [-0.2, -0.15) is 0 Å². The van der Waals surface area contributed by atoms with E-state index in [-0.39, 0.29) is 17.5 Å². The summed E-state index contributed by atoms with van der Waals surface area (Å²) in [5, 5.41) is 0.561. The van der Waals surface area contributed by atoms with Crippen LogP contribution in [-0.4, -0.2) is 26.4 Å². The Morgan fingerprint density at radius 3 is 2.58 bits per heavy atom. The van der Waals surface area contributed by atoms with E-state index < -0.39 is 0 Å². The van der Waals surface area contributed by atoms with E-state index >= 15 is 0 Å². The van der Waals surface area contributed by atoms with Crippen LogP contribution in [0.4, 0.5) is 0 Å². The molecule has 3 aromatic rings. The van der Waals surface area contributed by atoms with E-state index in [4.69, 9.17) is 0 Å². The zero-order valence-electron chi connectivity index (χ0n) is 15.5. The summed E-state index contributed by atoms with van der Waals surface area (Å²) in [4.78, 5) is 33.3. The summed E-state index contributed by atoms with van der Waals surface area (Å²) in [7, 11) is 0. The average molecular weight is 369 g/mol. The molecule has 26 heavy (non-hydrogen) atoms. The standard InChI is InChI=1S/C20H23N3O2S/c1-5-22-12-21-18-16(19(22)24)14(4)17(26-18)20(25)23(13(2)3)11-15-9-7-6-8-10-15/h6-10,12-13H,5,11H2,1-4H3. The molecule has 0 radical (unpaired) electrons. The second-order valence-corrected chi connectivity index (χ2v) is 7.58. The number of amides is 1. The maximum atomic E-state index is 13.2. The van der Waals surface area contributed by atoms with Gasteiger partial charge in [0, 0.05) is 19.1 Å². The number of hydrogen-bond donors (Lipinski definition) is 0. The zero-order chi connectivity index (χ0) is 18.8. The van der Waals surface area contributed by atoms with Gasteiger partial charge in [0.05, 0.1) is 16.6 Å². The quantitative estimate of drug-likeness (QED) is 0.687. The van der Waals surface area contributed by atoms with Gasteiger partial charge in [0.15, 0.2) is 0 Å². The number of hydrogen-bond acceptors (Lipinski definition) is 4. The average Bonchev–Trinajstić information content (AvgIpc) is 2.97. The molecule has 136 valence electrons. The molecule has 0 unspecified atom stereocenters. The minimum absolute atomic E-state index is 0.0487. The van der Waals surface area contributed by atoms with Crippen LogP contribution in [0.3, 0.4) is 0 Å². The van der Waals surface area contributed by atoms with Crippen molar-refractivity contribution >= 4 is 27.5 Å². The van der Waals surface area contributed by atoms with Crippen LogP contribution >= 0.6 is 11.3 Å². The van der Waals surface area contributed by atoms with Gasteiger partial charge >= 0.3 is 0 Å². The number of aryl methyl sites for hydroxylation is 2. The van der Waals surface area contributed by atoms with Gasteiger partial charge in [0.1, 0.15) is 4.83 Å². The Hall–Kier alpha value is -2.47. The molecule has 3 rings (SSSR count). The fourth-order valence-corrected chi connectivity index (χ4v) is 4.08. The summed E-state index contributed by atoms with van der Waals surface area (Å²) in [5.74, 6) is -0.0493. The van der Waals surface area contributed by atoms with Gasteiger partial charge in [0.2, 0.25) is 0 Å². The molecule has 2 heterocycles. The van der Waals surface area contributed by atoms with Crippen molar-refractivity contribution in [3.63, 3.8) is 0 Å². The van der Waals surface area contributed by atoms with E-state index in [2.05, 4.69) is 4.98 Å². The molecular weight excluding hydrogens is 346 g/mol. The zero-order valence-corrected chi connectivity index (χ0v) is 16.3.